The second-order valence-corrected chi connectivity index (χ2v) is 8.04. The lowest BCUT2D eigenvalue weighted by molar-refractivity contribution is -0.137. The monoisotopic (exact) mass is 399 g/mol. The number of halogens is 3. The fraction of sp³-hybridized carbons (Fsp3) is 0.444. The lowest BCUT2D eigenvalue weighted by Crippen LogP contribution is -2.45. The minimum absolute atomic E-state index is 0.00316. The molecular formula is C18H20F3N3O2S. The molecular weight excluding hydrogens is 379 g/mol. The molecule has 1 amide bonds. The summed E-state index contributed by atoms with van der Waals surface area (Å²) in [6.45, 7) is 2.99. The lowest BCUT2D eigenvalue weighted by Gasteiger charge is -2.35. The average Bonchev–Trinajstić information content (AvgIpc) is 3.10. The number of nitrogens with zero attached hydrogens (tertiary/aromatic N) is 3. The molecule has 1 aliphatic rings. The molecule has 2 heterocycles. The Bertz CT molecular complexity index is 833. The standard InChI is InChI=1S/C18H20F3N3O2S/c1-2-23-11-14(10-22-23)16-12-27(26)8-7-24(16)17(25)9-13-3-5-15(6-4-13)18(19,20)21/h3-6,10-11,16H,2,7-9,12H2,1H3. The van der Waals surface area contributed by atoms with Gasteiger partial charge in [-0.1, -0.05) is 12.1 Å². The molecule has 1 saturated heterocycles. The maximum Gasteiger partial charge on any atom is 0.416 e. The Labute approximate surface area is 157 Å². The normalized spacial score (nSPS) is 20.7. The first kappa shape index (κ1) is 19.6. The van der Waals surface area contributed by atoms with E-state index in [0.29, 0.717) is 30.2 Å². The van der Waals surface area contributed by atoms with Crippen molar-refractivity contribution in [3.05, 3.63) is 53.3 Å². The van der Waals surface area contributed by atoms with Gasteiger partial charge < -0.3 is 4.90 Å². The van der Waals surface area contributed by atoms with Crippen molar-refractivity contribution in [3.63, 3.8) is 0 Å². The average molecular weight is 399 g/mol. The molecule has 2 unspecified atom stereocenters. The van der Waals surface area contributed by atoms with Crippen molar-refractivity contribution in [1.29, 1.82) is 0 Å². The van der Waals surface area contributed by atoms with E-state index in [4.69, 9.17) is 0 Å². The predicted octanol–water partition coefficient (Wildman–Crippen LogP) is 2.80. The highest BCUT2D eigenvalue weighted by Gasteiger charge is 2.33. The number of aryl methyl sites for hydroxylation is 1. The Balaban J connectivity index is 1.76. The predicted molar refractivity (Wildman–Crippen MR) is 95.4 cm³/mol. The summed E-state index contributed by atoms with van der Waals surface area (Å²) in [6.07, 6.45) is -0.881. The van der Waals surface area contributed by atoms with Crippen LogP contribution in [0.1, 0.15) is 29.7 Å². The van der Waals surface area contributed by atoms with E-state index < -0.39 is 22.5 Å². The number of hydrogen-bond donors (Lipinski definition) is 0. The second kappa shape index (κ2) is 7.84. The summed E-state index contributed by atoms with van der Waals surface area (Å²) in [5.74, 6) is 0.548. The summed E-state index contributed by atoms with van der Waals surface area (Å²) in [5.41, 5.74) is 0.602. The van der Waals surface area contributed by atoms with Crippen LogP contribution in [0.2, 0.25) is 0 Å². The smallest absolute Gasteiger partial charge is 0.333 e. The van der Waals surface area contributed by atoms with Crippen LogP contribution in [0.15, 0.2) is 36.7 Å². The minimum Gasteiger partial charge on any atom is -0.333 e. The number of hydrogen-bond acceptors (Lipinski definition) is 3. The molecule has 3 rings (SSSR count). The molecule has 1 aromatic heterocycles. The van der Waals surface area contributed by atoms with Gasteiger partial charge in [0.15, 0.2) is 0 Å². The molecule has 5 nitrogen and oxygen atoms in total. The van der Waals surface area contributed by atoms with Crippen LogP contribution in [0.25, 0.3) is 0 Å². The van der Waals surface area contributed by atoms with Crippen molar-refractivity contribution < 1.29 is 22.2 Å². The largest absolute Gasteiger partial charge is 0.416 e. The topological polar surface area (TPSA) is 55.2 Å². The van der Waals surface area contributed by atoms with E-state index in [-0.39, 0.29) is 18.4 Å². The Morgan fingerprint density at radius 3 is 2.59 bits per heavy atom. The van der Waals surface area contributed by atoms with E-state index in [1.807, 2.05) is 13.1 Å². The zero-order valence-corrected chi connectivity index (χ0v) is 15.6. The number of carbonyl (C=O) groups is 1. The first-order valence-corrected chi connectivity index (χ1v) is 10.1. The van der Waals surface area contributed by atoms with Crippen LogP contribution in [0, 0.1) is 0 Å². The maximum absolute atomic E-state index is 12.8. The van der Waals surface area contributed by atoms with Crippen molar-refractivity contribution in [2.24, 2.45) is 0 Å². The zero-order chi connectivity index (χ0) is 19.6. The molecule has 0 spiro atoms. The second-order valence-electron chi connectivity index (χ2n) is 6.41. The number of rotatable bonds is 4. The molecule has 0 bridgehead atoms. The SMILES string of the molecule is CCn1cc(C2CS(=O)CCN2C(=O)Cc2ccc(C(F)(F)F)cc2)cn1. The fourth-order valence-corrected chi connectivity index (χ4v) is 4.38. The molecule has 9 heteroatoms. The summed E-state index contributed by atoms with van der Waals surface area (Å²) in [4.78, 5) is 14.5. The van der Waals surface area contributed by atoms with E-state index in [1.165, 1.54) is 12.1 Å². The summed E-state index contributed by atoms with van der Waals surface area (Å²) in [6, 6.07) is 4.29. The molecule has 1 aliphatic heterocycles. The first-order valence-electron chi connectivity index (χ1n) is 8.61. The van der Waals surface area contributed by atoms with Gasteiger partial charge in [-0.05, 0) is 24.6 Å². The van der Waals surface area contributed by atoms with Gasteiger partial charge in [0.1, 0.15) is 0 Å². The van der Waals surface area contributed by atoms with Gasteiger partial charge >= 0.3 is 6.18 Å². The summed E-state index contributed by atoms with van der Waals surface area (Å²) in [5, 5.41) is 4.22. The van der Waals surface area contributed by atoms with Crippen LogP contribution < -0.4 is 0 Å². The third kappa shape index (κ3) is 4.58. The molecule has 2 aromatic rings. The van der Waals surface area contributed by atoms with Gasteiger partial charge in [-0.15, -0.1) is 0 Å². The van der Waals surface area contributed by atoms with Crippen molar-refractivity contribution in [2.45, 2.75) is 32.1 Å². The van der Waals surface area contributed by atoms with Crippen molar-refractivity contribution in [3.8, 4) is 0 Å². The maximum atomic E-state index is 12.8. The van der Waals surface area contributed by atoms with Gasteiger partial charge in [-0.2, -0.15) is 18.3 Å². The highest BCUT2D eigenvalue weighted by molar-refractivity contribution is 7.85. The van der Waals surface area contributed by atoms with Crippen LogP contribution in [0.4, 0.5) is 13.2 Å². The van der Waals surface area contributed by atoms with E-state index in [9.17, 15) is 22.2 Å². The van der Waals surface area contributed by atoms with E-state index in [0.717, 1.165) is 17.7 Å². The Kier molecular flexibility index (Phi) is 5.69. The van der Waals surface area contributed by atoms with Crippen molar-refractivity contribution in [1.82, 2.24) is 14.7 Å². The fourth-order valence-electron chi connectivity index (χ4n) is 3.09. The van der Waals surface area contributed by atoms with Crippen LogP contribution in [-0.2, 0) is 34.7 Å². The van der Waals surface area contributed by atoms with Crippen LogP contribution in [-0.4, -0.2) is 42.8 Å². The molecule has 0 radical (unpaired) electrons. The highest BCUT2D eigenvalue weighted by atomic mass is 32.2. The van der Waals surface area contributed by atoms with Gasteiger partial charge in [0, 0.05) is 47.2 Å². The van der Waals surface area contributed by atoms with Crippen LogP contribution >= 0.6 is 0 Å². The molecule has 0 aliphatic carbocycles. The number of benzene rings is 1. The van der Waals surface area contributed by atoms with Crippen molar-refractivity contribution in [2.75, 3.05) is 18.1 Å². The van der Waals surface area contributed by atoms with Gasteiger partial charge in [0.25, 0.3) is 0 Å². The molecule has 1 fully saturated rings. The quantitative estimate of drug-likeness (QED) is 0.795. The zero-order valence-electron chi connectivity index (χ0n) is 14.8. The molecule has 27 heavy (non-hydrogen) atoms. The molecule has 1 aromatic carbocycles. The summed E-state index contributed by atoms with van der Waals surface area (Å²) < 4.78 is 51.8. The number of carbonyl (C=O) groups excluding carboxylic acids is 1. The van der Waals surface area contributed by atoms with Crippen LogP contribution in [0.5, 0.6) is 0 Å². The number of alkyl halides is 3. The van der Waals surface area contributed by atoms with Gasteiger partial charge in [0.2, 0.25) is 5.91 Å². The Hall–Kier alpha value is -2.16. The lowest BCUT2D eigenvalue weighted by atomic mass is 10.1. The Morgan fingerprint density at radius 1 is 1.30 bits per heavy atom. The van der Waals surface area contributed by atoms with E-state index in [1.54, 1.807) is 15.8 Å². The molecule has 146 valence electrons. The summed E-state index contributed by atoms with van der Waals surface area (Å²) >= 11 is 0. The van der Waals surface area contributed by atoms with Gasteiger partial charge in [0.05, 0.1) is 24.2 Å². The van der Waals surface area contributed by atoms with Gasteiger partial charge in [-0.3, -0.25) is 13.7 Å². The van der Waals surface area contributed by atoms with E-state index >= 15 is 0 Å². The molecule has 0 saturated carbocycles. The van der Waals surface area contributed by atoms with Crippen molar-refractivity contribution >= 4 is 16.7 Å². The number of aromatic nitrogens is 2. The highest BCUT2D eigenvalue weighted by Crippen LogP contribution is 2.30. The Morgan fingerprint density at radius 2 is 2.00 bits per heavy atom. The third-order valence-corrected chi connectivity index (χ3v) is 5.92. The van der Waals surface area contributed by atoms with E-state index in [2.05, 4.69) is 5.10 Å². The minimum atomic E-state index is -4.40. The molecule has 0 N–H and O–H groups in total. The third-order valence-electron chi connectivity index (χ3n) is 4.60. The molecule has 2 atom stereocenters. The van der Waals surface area contributed by atoms with Gasteiger partial charge in [-0.25, -0.2) is 0 Å². The number of amides is 1. The summed E-state index contributed by atoms with van der Waals surface area (Å²) in [7, 11) is -1.02. The van der Waals surface area contributed by atoms with Crippen LogP contribution in [0.3, 0.4) is 0 Å². The first-order chi connectivity index (χ1) is 12.8.